The molecule has 1 aliphatic rings. The Kier molecular flexibility index (Phi) is 6.14. The summed E-state index contributed by atoms with van der Waals surface area (Å²) in [6, 6.07) is 21.7. The Labute approximate surface area is 184 Å². The first kappa shape index (κ1) is 21.6. The van der Waals surface area contributed by atoms with Crippen LogP contribution in [0.25, 0.3) is 0 Å². The molecule has 0 aromatic heterocycles. The minimum atomic E-state index is -3.72. The van der Waals surface area contributed by atoms with Crippen LogP contribution in [0.2, 0.25) is 0 Å². The molecular formula is C25H27NO4S. The van der Waals surface area contributed by atoms with Gasteiger partial charge >= 0.3 is 0 Å². The van der Waals surface area contributed by atoms with Gasteiger partial charge < -0.3 is 9.84 Å². The van der Waals surface area contributed by atoms with Crippen molar-refractivity contribution in [3.8, 4) is 5.75 Å². The second-order valence-electron chi connectivity index (χ2n) is 8.00. The molecule has 31 heavy (non-hydrogen) atoms. The SMILES string of the molecule is Cc1ccc(S(=O)(=O)N2CCc3cc(OCc4ccccc4)ccc3C(O)C2C)cc1. The second-order valence-corrected chi connectivity index (χ2v) is 9.89. The van der Waals surface area contributed by atoms with Crippen LogP contribution in [0.3, 0.4) is 0 Å². The fourth-order valence-electron chi connectivity index (χ4n) is 3.95. The van der Waals surface area contributed by atoms with Crippen molar-refractivity contribution in [2.75, 3.05) is 6.54 Å². The molecule has 5 nitrogen and oxygen atoms in total. The fraction of sp³-hybridized carbons (Fsp3) is 0.280. The highest BCUT2D eigenvalue weighted by molar-refractivity contribution is 7.89. The Morgan fingerprint density at radius 1 is 1.03 bits per heavy atom. The van der Waals surface area contributed by atoms with Crippen LogP contribution in [0.15, 0.2) is 77.7 Å². The highest BCUT2D eigenvalue weighted by Gasteiger charge is 2.36. The number of aryl methyl sites for hydroxylation is 1. The van der Waals surface area contributed by atoms with E-state index in [2.05, 4.69) is 0 Å². The van der Waals surface area contributed by atoms with E-state index in [9.17, 15) is 13.5 Å². The summed E-state index contributed by atoms with van der Waals surface area (Å²) in [6.07, 6.45) is -0.412. The number of rotatable bonds is 5. The summed E-state index contributed by atoms with van der Waals surface area (Å²) in [7, 11) is -3.72. The number of benzene rings is 3. The van der Waals surface area contributed by atoms with Gasteiger partial charge in [0.15, 0.2) is 0 Å². The van der Waals surface area contributed by atoms with Crippen LogP contribution >= 0.6 is 0 Å². The van der Waals surface area contributed by atoms with E-state index in [0.717, 1.165) is 22.3 Å². The molecule has 0 radical (unpaired) electrons. The Balaban J connectivity index is 1.56. The van der Waals surface area contributed by atoms with E-state index in [1.54, 1.807) is 31.2 Å². The Hall–Kier alpha value is -2.67. The molecule has 0 aliphatic carbocycles. The topological polar surface area (TPSA) is 66.8 Å². The molecule has 0 fully saturated rings. The average Bonchev–Trinajstić information content (AvgIpc) is 2.90. The third-order valence-electron chi connectivity index (χ3n) is 5.82. The molecular weight excluding hydrogens is 410 g/mol. The first-order valence-electron chi connectivity index (χ1n) is 10.4. The summed E-state index contributed by atoms with van der Waals surface area (Å²) in [4.78, 5) is 0.245. The molecule has 0 bridgehead atoms. The molecule has 0 amide bonds. The third-order valence-corrected chi connectivity index (χ3v) is 7.82. The van der Waals surface area contributed by atoms with E-state index in [1.165, 1.54) is 4.31 Å². The zero-order valence-corrected chi connectivity index (χ0v) is 18.5. The largest absolute Gasteiger partial charge is 0.489 e. The van der Waals surface area contributed by atoms with Gasteiger partial charge in [-0.2, -0.15) is 4.31 Å². The minimum absolute atomic E-state index is 0.245. The highest BCUT2D eigenvalue weighted by atomic mass is 32.2. The summed E-state index contributed by atoms with van der Waals surface area (Å²) in [6.45, 7) is 4.42. The zero-order valence-electron chi connectivity index (χ0n) is 17.7. The summed E-state index contributed by atoms with van der Waals surface area (Å²) in [5.74, 6) is 0.706. The number of hydrogen-bond acceptors (Lipinski definition) is 4. The van der Waals surface area contributed by atoms with Gasteiger partial charge in [-0.15, -0.1) is 0 Å². The zero-order chi connectivity index (χ0) is 22.0. The first-order valence-corrected chi connectivity index (χ1v) is 11.9. The van der Waals surface area contributed by atoms with Crippen molar-refractivity contribution >= 4 is 10.0 Å². The van der Waals surface area contributed by atoms with Crippen LogP contribution < -0.4 is 4.74 Å². The van der Waals surface area contributed by atoms with Gasteiger partial charge in [0.2, 0.25) is 10.0 Å². The van der Waals surface area contributed by atoms with E-state index in [0.29, 0.717) is 25.3 Å². The maximum Gasteiger partial charge on any atom is 0.243 e. The lowest BCUT2D eigenvalue weighted by Gasteiger charge is -2.29. The number of aliphatic hydroxyl groups is 1. The van der Waals surface area contributed by atoms with Gasteiger partial charge in [0.05, 0.1) is 17.0 Å². The van der Waals surface area contributed by atoms with Crippen molar-refractivity contribution < 1.29 is 18.3 Å². The van der Waals surface area contributed by atoms with Crippen LogP contribution in [0.5, 0.6) is 5.75 Å². The quantitative estimate of drug-likeness (QED) is 0.648. The molecule has 3 aromatic rings. The van der Waals surface area contributed by atoms with Crippen LogP contribution in [0, 0.1) is 6.92 Å². The highest BCUT2D eigenvalue weighted by Crippen LogP contribution is 2.34. The smallest absolute Gasteiger partial charge is 0.243 e. The van der Waals surface area contributed by atoms with E-state index in [-0.39, 0.29) is 4.90 Å². The predicted octanol–water partition coefficient (Wildman–Crippen LogP) is 4.24. The number of aliphatic hydroxyl groups excluding tert-OH is 1. The van der Waals surface area contributed by atoms with Crippen LogP contribution in [0.1, 0.15) is 35.3 Å². The van der Waals surface area contributed by atoms with E-state index >= 15 is 0 Å². The van der Waals surface area contributed by atoms with E-state index < -0.39 is 22.2 Å². The molecule has 162 valence electrons. The number of hydrogen-bond donors (Lipinski definition) is 1. The van der Waals surface area contributed by atoms with Crippen molar-refractivity contribution in [1.82, 2.24) is 4.31 Å². The summed E-state index contributed by atoms with van der Waals surface area (Å²) in [5, 5.41) is 11.0. The van der Waals surface area contributed by atoms with Crippen LogP contribution in [-0.2, 0) is 23.1 Å². The molecule has 1 N–H and O–H groups in total. The molecule has 0 spiro atoms. The fourth-order valence-corrected chi connectivity index (χ4v) is 5.59. The number of ether oxygens (including phenoxy) is 1. The molecule has 3 aromatic carbocycles. The van der Waals surface area contributed by atoms with Gasteiger partial charge in [-0.25, -0.2) is 8.42 Å². The first-order chi connectivity index (χ1) is 14.9. The maximum atomic E-state index is 13.3. The van der Waals surface area contributed by atoms with Crippen molar-refractivity contribution in [3.05, 3.63) is 95.1 Å². The van der Waals surface area contributed by atoms with Gasteiger partial charge in [-0.1, -0.05) is 54.1 Å². The van der Waals surface area contributed by atoms with E-state index in [1.807, 2.05) is 55.5 Å². The summed E-state index contributed by atoms with van der Waals surface area (Å²) >= 11 is 0. The second kappa shape index (κ2) is 8.83. The van der Waals surface area contributed by atoms with Crippen molar-refractivity contribution in [2.45, 2.75) is 43.9 Å². The minimum Gasteiger partial charge on any atom is -0.489 e. The van der Waals surface area contributed by atoms with Crippen molar-refractivity contribution in [1.29, 1.82) is 0 Å². The van der Waals surface area contributed by atoms with Crippen molar-refractivity contribution in [2.24, 2.45) is 0 Å². The lowest BCUT2D eigenvalue weighted by molar-refractivity contribution is 0.104. The number of sulfonamides is 1. The molecule has 0 saturated heterocycles. The average molecular weight is 438 g/mol. The number of nitrogens with zero attached hydrogens (tertiary/aromatic N) is 1. The molecule has 0 saturated carbocycles. The standard InChI is InChI=1S/C25H27NO4S/c1-18-8-11-23(12-9-18)31(28,29)26-15-14-21-16-22(10-13-24(21)25(27)19(26)2)30-17-20-6-4-3-5-7-20/h3-13,16,19,25,27H,14-15,17H2,1-2H3. The molecule has 1 heterocycles. The Bertz CT molecular complexity index is 1140. The van der Waals surface area contributed by atoms with Crippen LogP contribution in [-0.4, -0.2) is 30.4 Å². The van der Waals surface area contributed by atoms with Gasteiger partial charge in [0, 0.05) is 6.54 Å². The van der Waals surface area contributed by atoms with Gasteiger partial charge in [0.1, 0.15) is 12.4 Å². The Morgan fingerprint density at radius 3 is 2.45 bits per heavy atom. The van der Waals surface area contributed by atoms with Gasteiger partial charge in [-0.05, 0) is 61.2 Å². The third kappa shape index (κ3) is 4.51. The monoisotopic (exact) mass is 437 g/mol. The summed E-state index contributed by atoms with van der Waals surface area (Å²) in [5.41, 5.74) is 3.73. The number of fused-ring (bicyclic) bond motifs is 1. The molecule has 2 unspecified atom stereocenters. The van der Waals surface area contributed by atoms with Crippen molar-refractivity contribution in [3.63, 3.8) is 0 Å². The molecule has 1 aliphatic heterocycles. The molecule has 2 atom stereocenters. The molecule has 6 heteroatoms. The molecule has 4 rings (SSSR count). The lowest BCUT2D eigenvalue weighted by atomic mass is 9.98. The normalized spacial score (nSPS) is 19.5. The maximum absolute atomic E-state index is 13.3. The Morgan fingerprint density at radius 2 is 1.74 bits per heavy atom. The van der Waals surface area contributed by atoms with Gasteiger partial charge in [0.25, 0.3) is 0 Å². The van der Waals surface area contributed by atoms with Crippen LogP contribution in [0.4, 0.5) is 0 Å². The predicted molar refractivity (Wildman–Crippen MR) is 120 cm³/mol. The summed E-state index contributed by atoms with van der Waals surface area (Å²) < 4.78 is 33.9. The van der Waals surface area contributed by atoms with Gasteiger partial charge in [-0.3, -0.25) is 0 Å². The lowest BCUT2D eigenvalue weighted by Crippen LogP contribution is -2.41. The van der Waals surface area contributed by atoms with E-state index in [4.69, 9.17) is 4.74 Å².